The maximum atomic E-state index is 5.45. The lowest BCUT2D eigenvalue weighted by Crippen LogP contribution is -1.97. The van der Waals surface area contributed by atoms with Crippen molar-refractivity contribution in [3.8, 4) is 17.2 Å². The van der Waals surface area contributed by atoms with Gasteiger partial charge in [-0.2, -0.15) is 0 Å². The molecule has 0 heterocycles. The Kier molecular flexibility index (Phi) is 4.88. The van der Waals surface area contributed by atoms with Gasteiger partial charge in [0, 0.05) is 12.0 Å². The highest BCUT2D eigenvalue weighted by Crippen LogP contribution is 2.32. The monoisotopic (exact) mass is 272 g/mol. The van der Waals surface area contributed by atoms with E-state index in [1.807, 2.05) is 31.2 Å². The summed E-state index contributed by atoms with van der Waals surface area (Å²) in [5.74, 6) is 2.45. The molecule has 0 saturated carbocycles. The Bertz CT molecular complexity index is 547. The van der Waals surface area contributed by atoms with Gasteiger partial charge in [-0.05, 0) is 30.7 Å². The maximum Gasteiger partial charge on any atom is 0.164 e. The predicted octanol–water partition coefficient (Wildman–Crippen LogP) is 3.69. The van der Waals surface area contributed by atoms with E-state index >= 15 is 0 Å². The van der Waals surface area contributed by atoms with Gasteiger partial charge < -0.3 is 14.2 Å². The van der Waals surface area contributed by atoms with E-state index in [0.717, 1.165) is 29.2 Å². The van der Waals surface area contributed by atoms with Crippen molar-refractivity contribution in [2.75, 3.05) is 20.8 Å². The van der Waals surface area contributed by atoms with Crippen LogP contribution in [0, 0.1) is 0 Å². The van der Waals surface area contributed by atoms with Crippen molar-refractivity contribution in [1.82, 2.24) is 0 Å². The maximum absolute atomic E-state index is 5.45. The van der Waals surface area contributed by atoms with E-state index in [1.165, 1.54) is 5.56 Å². The third kappa shape index (κ3) is 3.23. The van der Waals surface area contributed by atoms with Crippen molar-refractivity contribution < 1.29 is 14.2 Å². The Morgan fingerprint density at radius 1 is 0.900 bits per heavy atom. The van der Waals surface area contributed by atoms with Crippen LogP contribution in [0.1, 0.15) is 18.1 Å². The normalized spacial score (nSPS) is 10.2. The molecule has 0 atom stereocenters. The zero-order valence-electron chi connectivity index (χ0n) is 12.2. The molecule has 106 valence electrons. The van der Waals surface area contributed by atoms with Gasteiger partial charge in [0.15, 0.2) is 11.5 Å². The van der Waals surface area contributed by atoms with E-state index < -0.39 is 0 Å². The third-order valence-corrected chi connectivity index (χ3v) is 3.11. The van der Waals surface area contributed by atoms with E-state index in [-0.39, 0.29) is 0 Å². The van der Waals surface area contributed by atoms with E-state index in [2.05, 4.69) is 18.2 Å². The zero-order chi connectivity index (χ0) is 14.4. The van der Waals surface area contributed by atoms with Gasteiger partial charge in [0.1, 0.15) is 5.75 Å². The summed E-state index contributed by atoms with van der Waals surface area (Å²) in [5, 5.41) is 0. The number of rotatable bonds is 6. The quantitative estimate of drug-likeness (QED) is 0.802. The summed E-state index contributed by atoms with van der Waals surface area (Å²) >= 11 is 0. The first-order valence-electron chi connectivity index (χ1n) is 6.70. The lowest BCUT2D eigenvalue weighted by molar-refractivity contribution is 0.340. The van der Waals surface area contributed by atoms with Crippen molar-refractivity contribution in [3.05, 3.63) is 53.6 Å². The third-order valence-electron chi connectivity index (χ3n) is 3.11. The van der Waals surface area contributed by atoms with E-state index in [4.69, 9.17) is 14.2 Å². The number of methoxy groups -OCH3 is 2. The average molecular weight is 272 g/mol. The Labute approximate surface area is 120 Å². The molecule has 0 bridgehead atoms. The predicted molar refractivity (Wildman–Crippen MR) is 80.0 cm³/mol. The second kappa shape index (κ2) is 6.85. The standard InChI is InChI=1S/C17H20O3/c1-4-20-15-10-8-13(9-11-15)12-14-6-5-7-16(18-2)17(14)19-3/h5-11H,4,12H2,1-3H3. The fourth-order valence-corrected chi connectivity index (χ4v) is 2.18. The molecule has 0 radical (unpaired) electrons. The first-order valence-corrected chi connectivity index (χ1v) is 6.70. The van der Waals surface area contributed by atoms with Crippen molar-refractivity contribution >= 4 is 0 Å². The minimum absolute atomic E-state index is 0.684. The fraction of sp³-hybridized carbons (Fsp3) is 0.294. The molecule has 0 amide bonds. The summed E-state index contributed by atoms with van der Waals surface area (Å²) in [6.07, 6.45) is 0.798. The summed E-state index contributed by atoms with van der Waals surface area (Å²) < 4.78 is 16.2. The Morgan fingerprint density at radius 2 is 1.65 bits per heavy atom. The molecule has 0 fully saturated rings. The van der Waals surface area contributed by atoms with E-state index in [9.17, 15) is 0 Å². The first-order chi connectivity index (χ1) is 9.78. The molecule has 3 heteroatoms. The van der Waals surface area contributed by atoms with Crippen molar-refractivity contribution in [1.29, 1.82) is 0 Å². The molecule has 2 aromatic rings. The van der Waals surface area contributed by atoms with Gasteiger partial charge in [0.05, 0.1) is 20.8 Å². The summed E-state index contributed by atoms with van der Waals surface area (Å²) in [4.78, 5) is 0. The second-order valence-corrected chi connectivity index (χ2v) is 4.41. The van der Waals surface area contributed by atoms with Crippen LogP contribution in [0.4, 0.5) is 0 Å². The second-order valence-electron chi connectivity index (χ2n) is 4.41. The Morgan fingerprint density at radius 3 is 2.25 bits per heavy atom. The van der Waals surface area contributed by atoms with Crippen LogP contribution in [0.5, 0.6) is 17.2 Å². The number of hydrogen-bond acceptors (Lipinski definition) is 3. The molecule has 0 saturated heterocycles. The number of benzene rings is 2. The van der Waals surface area contributed by atoms with Crippen LogP contribution in [-0.4, -0.2) is 20.8 Å². The average Bonchev–Trinajstić information content (AvgIpc) is 2.49. The molecule has 0 aliphatic rings. The smallest absolute Gasteiger partial charge is 0.164 e. The van der Waals surface area contributed by atoms with Gasteiger partial charge in [0.2, 0.25) is 0 Å². The summed E-state index contributed by atoms with van der Waals surface area (Å²) in [6, 6.07) is 14.1. The molecular weight excluding hydrogens is 252 g/mol. The number of ether oxygens (including phenoxy) is 3. The molecule has 2 rings (SSSR count). The number of para-hydroxylation sites is 1. The summed E-state index contributed by atoms with van der Waals surface area (Å²) in [6.45, 7) is 2.66. The fourth-order valence-electron chi connectivity index (χ4n) is 2.18. The molecule has 3 nitrogen and oxygen atoms in total. The Hall–Kier alpha value is -2.16. The van der Waals surface area contributed by atoms with Crippen LogP contribution in [0.3, 0.4) is 0 Å². The highest BCUT2D eigenvalue weighted by Gasteiger charge is 2.09. The summed E-state index contributed by atoms with van der Waals surface area (Å²) in [5.41, 5.74) is 2.32. The molecule has 0 aliphatic carbocycles. The molecular formula is C17H20O3. The van der Waals surface area contributed by atoms with Crippen LogP contribution in [-0.2, 0) is 6.42 Å². The van der Waals surface area contributed by atoms with Gasteiger partial charge in [-0.3, -0.25) is 0 Å². The van der Waals surface area contributed by atoms with Gasteiger partial charge in [0.25, 0.3) is 0 Å². The Balaban J connectivity index is 2.21. The van der Waals surface area contributed by atoms with Crippen LogP contribution in [0.15, 0.2) is 42.5 Å². The largest absolute Gasteiger partial charge is 0.494 e. The molecule has 0 N–H and O–H groups in total. The molecule has 0 aromatic heterocycles. The topological polar surface area (TPSA) is 27.7 Å². The van der Waals surface area contributed by atoms with Gasteiger partial charge in [-0.25, -0.2) is 0 Å². The first kappa shape index (κ1) is 14.3. The molecule has 2 aromatic carbocycles. The number of hydrogen-bond donors (Lipinski definition) is 0. The molecule has 20 heavy (non-hydrogen) atoms. The SMILES string of the molecule is CCOc1ccc(Cc2cccc(OC)c2OC)cc1. The lowest BCUT2D eigenvalue weighted by atomic mass is 10.0. The summed E-state index contributed by atoms with van der Waals surface area (Å²) in [7, 11) is 3.32. The van der Waals surface area contributed by atoms with Crippen LogP contribution in [0.2, 0.25) is 0 Å². The van der Waals surface area contributed by atoms with Crippen molar-refractivity contribution in [2.45, 2.75) is 13.3 Å². The van der Waals surface area contributed by atoms with Crippen LogP contribution >= 0.6 is 0 Å². The van der Waals surface area contributed by atoms with E-state index in [0.29, 0.717) is 6.61 Å². The molecule has 0 spiro atoms. The molecule has 0 aliphatic heterocycles. The highest BCUT2D eigenvalue weighted by atomic mass is 16.5. The minimum atomic E-state index is 0.684. The zero-order valence-corrected chi connectivity index (χ0v) is 12.2. The van der Waals surface area contributed by atoms with Gasteiger partial charge in [-0.15, -0.1) is 0 Å². The highest BCUT2D eigenvalue weighted by molar-refractivity contribution is 5.48. The van der Waals surface area contributed by atoms with Crippen LogP contribution < -0.4 is 14.2 Å². The molecule has 0 unspecified atom stereocenters. The van der Waals surface area contributed by atoms with Crippen LogP contribution in [0.25, 0.3) is 0 Å². The lowest BCUT2D eigenvalue weighted by Gasteiger charge is -2.12. The minimum Gasteiger partial charge on any atom is -0.494 e. The van der Waals surface area contributed by atoms with Gasteiger partial charge in [-0.1, -0.05) is 24.3 Å². The van der Waals surface area contributed by atoms with Crippen molar-refractivity contribution in [3.63, 3.8) is 0 Å². The van der Waals surface area contributed by atoms with Gasteiger partial charge >= 0.3 is 0 Å². The van der Waals surface area contributed by atoms with Crippen molar-refractivity contribution in [2.24, 2.45) is 0 Å². The van der Waals surface area contributed by atoms with E-state index in [1.54, 1.807) is 14.2 Å².